The van der Waals surface area contributed by atoms with Gasteiger partial charge in [-0.3, -0.25) is 14.2 Å². The number of rotatable bonds is 3. The number of fused-ring (bicyclic) bond motifs is 1. The molecule has 4 rings (SSSR count). The highest BCUT2D eigenvalue weighted by atomic mass is 19.1. The molecular formula is C19H15FN4O3. The van der Waals surface area contributed by atoms with Gasteiger partial charge >= 0.3 is 11.1 Å². The lowest BCUT2D eigenvalue weighted by Gasteiger charge is -2.13. The Hall–Kier alpha value is -3.55. The maximum absolute atomic E-state index is 13.1. The van der Waals surface area contributed by atoms with Gasteiger partial charge in [0.15, 0.2) is 0 Å². The highest BCUT2D eigenvalue weighted by molar-refractivity contribution is 5.80. The van der Waals surface area contributed by atoms with Gasteiger partial charge in [0.05, 0.1) is 11.0 Å². The molecule has 0 bridgehead atoms. The molecule has 0 aliphatic rings. The van der Waals surface area contributed by atoms with Gasteiger partial charge < -0.3 is 9.51 Å². The molecule has 0 spiro atoms. The number of aromatic nitrogens is 4. The topological polar surface area (TPSA) is 93.8 Å². The Morgan fingerprint density at radius 1 is 1.07 bits per heavy atom. The third kappa shape index (κ3) is 2.95. The highest BCUT2D eigenvalue weighted by Crippen LogP contribution is 2.24. The molecule has 2 heterocycles. The van der Waals surface area contributed by atoms with Gasteiger partial charge in [-0.05, 0) is 56.3 Å². The summed E-state index contributed by atoms with van der Waals surface area (Å²) >= 11 is 0. The van der Waals surface area contributed by atoms with E-state index < -0.39 is 11.1 Å². The SMILES string of the molecule is CC(C)n1c(=O)c(=O)[nH]c2cc(-c3noc(-c4ccc(F)cc4)n3)ccc21. The Morgan fingerprint density at radius 3 is 2.48 bits per heavy atom. The van der Waals surface area contributed by atoms with Gasteiger partial charge in [-0.15, -0.1) is 0 Å². The van der Waals surface area contributed by atoms with Gasteiger partial charge in [0.1, 0.15) is 5.82 Å². The Kier molecular flexibility index (Phi) is 3.95. The van der Waals surface area contributed by atoms with Crippen molar-refractivity contribution in [2.24, 2.45) is 0 Å². The first-order valence-electron chi connectivity index (χ1n) is 8.32. The lowest BCUT2D eigenvalue weighted by molar-refractivity contribution is 0.432. The number of hydrogen-bond acceptors (Lipinski definition) is 5. The van der Waals surface area contributed by atoms with E-state index in [4.69, 9.17) is 4.52 Å². The fraction of sp³-hybridized carbons (Fsp3) is 0.158. The average molecular weight is 366 g/mol. The van der Waals surface area contributed by atoms with Gasteiger partial charge in [-0.2, -0.15) is 4.98 Å². The maximum Gasteiger partial charge on any atom is 0.316 e. The van der Waals surface area contributed by atoms with Crippen molar-refractivity contribution in [1.82, 2.24) is 19.7 Å². The van der Waals surface area contributed by atoms with Crippen LogP contribution in [0.5, 0.6) is 0 Å². The van der Waals surface area contributed by atoms with Gasteiger partial charge in [-0.25, -0.2) is 4.39 Å². The zero-order valence-electron chi connectivity index (χ0n) is 14.6. The summed E-state index contributed by atoms with van der Waals surface area (Å²) in [7, 11) is 0. The van der Waals surface area contributed by atoms with E-state index in [1.54, 1.807) is 30.3 Å². The van der Waals surface area contributed by atoms with Crippen LogP contribution in [0, 0.1) is 5.82 Å². The summed E-state index contributed by atoms with van der Waals surface area (Å²) in [5.74, 6) is 0.221. The minimum absolute atomic E-state index is 0.164. The summed E-state index contributed by atoms with van der Waals surface area (Å²) in [5, 5.41) is 3.95. The molecule has 2 aromatic carbocycles. The molecule has 2 aromatic heterocycles. The predicted molar refractivity (Wildman–Crippen MR) is 97.9 cm³/mol. The molecule has 0 amide bonds. The largest absolute Gasteiger partial charge is 0.334 e. The van der Waals surface area contributed by atoms with E-state index in [0.717, 1.165) is 0 Å². The maximum atomic E-state index is 13.1. The molecule has 0 unspecified atom stereocenters. The van der Waals surface area contributed by atoms with E-state index >= 15 is 0 Å². The normalized spacial score (nSPS) is 11.4. The van der Waals surface area contributed by atoms with E-state index in [0.29, 0.717) is 28.0 Å². The number of hydrogen-bond donors (Lipinski definition) is 1. The fourth-order valence-corrected chi connectivity index (χ4v) is 2.94. The Labute approximate surface area is 152 Å². The third-order valence-corrected chi connectivity index (χ3v) is 4.21. The second-order valence-corrected chi connectivity index (χ2v) is 6.38. The predicted octanol–water partition coefficient (Wildman–Crippen LogP) is 3.13. The number of halogens is 1. The Bertz CT molecular complexity index is 1250. The van der Waals surface area contributed by atoms with Crippen LogP contribution in [-0.4, -0.2) is 19.7 Å². The van der Waals surface area contributed by atoms with Gasteiger partial charge in [0.2, 0.25) is 5.82 Å². The monoisotopic (exact) mass is 366 g/mol. The molecule has 0 saturated heterocycles. The molecular weight excluding hydrogens is 351 g/mol. The molecule has 4 aromatic rings. The van der Waals surface area contributed by atoms with Crippen LogP contribution in [0.1, 0.15) is 19.9 Å². The zero-order valence-corrected chi connectivity index (χ0v) is 14.6. The van der Waals surface area contributed by atoms with E-state index in [2.05, 4.69) is 15.1 Å². The molecule has 0 aliphatic heterocycles. The highest BCUT2D eigenvalue weighted by Gasteiger charge is 2.14. The van der Waals surface area contributed by atoms with Crippen LogP contribution in [0.25, 0.3) is 33.9 Å². The lowest BCUT2D eigenvalue weighted by Crippen LogP contribution is -2.37. The smallest absolute Gasteiger partial charge is 0.316 e. The van der Waals surface area contributed by atoms with E-state index in [-0.39, 0.29) is 17.7 Å². The third-order valence-electron chi connectivity index (χ3n) is 4.21. The van der Waals surface area contributed by atoms with Crippen molar-refractivity contribution in [2.45, 2.75) is 19.9 Å². The summed E-state index contributed by atoms with van der Waals surface area (Å²) in [4.78, 5) is 31.0. The number of H-pyrrole nitrogens is 1. The van der Waals surface area contributed by atoms with E-state index in [1.807, 2.05) is 13.8 Å². The minimum atomic E-state index is -0.687. The van der Waals surface area contributed by atoms with Crippen LogP contribution in [0.3, 0.4) is 0 Å². The summed E-state index contributed by atoms with van der Waals surface area (Å²) in [5.41, 5.74) is 1.04. The molecule has 0 radical (unpaired) electrons. The van der Waals surface area contributed by atoms with Gasteiger partial charge in [0.25, 0.3) is 5.89 Å². The van der Waals surface area contributed by atoms with Crippen molar-refractivity contribution < 1.29 is 8.91 Å². The number of aromatic amines is 1. The molecule has 136 valence electrons. The molecule has 0 saturated carbocycles. The molecule has 27 heavy (non-hydrogen) atoms. The lowest BCUT2D eigenvalue weighted by atomic mass is 10.1. The van der Waals surface area contributed by atoms with Crippen molar-refractivity contribution in [2.75, 3.05) is 0 Å². The summed E-state index contributed by atoms with van der Waals surface area (Å²) in [6.45, 7) is 3.67. The fourth-order valence-electron chi connectivity index (χ4n) is 2.94. The molecule has 0 atom stereocenters. The Morgan fingerprint density at radius 2 is 1.78 bits per heavy atom. The second kappa shape index (κ2) is 6.31. The van der Waals surface area contributed by atoms with Crippen molar-refractivity contribution in [3.8, 4) is 22.8 Å². The minimum Gasteiger partial charge on any atom is -0.334 e. The molecule has 0 fully saturated rings. The number of nitrogens with one attached hydrogen (secondary N) is 1. The quantitative estimate of drug-likeness (QED) is 0.562. The first kappa shape index (κ1) is 16.9. The first-order chi connectivity index (χ1) is 12.9. The summed E-state index contributed by atoms with van der Waals surface area (Å²) in [6, 6.07) is 10.7. The Balaban J connectivity index is 1.81. The van der Waals surface area contributed by atoms with Crippen molar-refractivity contribution in [3.63, 3.8) is 0 Å². The standard InChI is InChI=1S/C19H15FN4O3/c1-10(2)24-15-8-5-12(9-14(15)21-17(25)19(24)26)16-22-18(27-23-16)11-3-6-13(20)7-4-11/h3-10H,1-2H3,(H,21,25). The van der Waals surface area contributed by atoms with Crippen LogP contribution < -0.4 is 11.1 Å². The molecule has 1 N–H and O–H groups in total. The van der Waals surface area contributed by atoms with Crippen molar-refractivity contribution >= 4 is 11.0 Å². The van der Waals surface area contributed by atoms with Crippen LogP contribution >= 0.6 is 0 Å². The van der Waals surface area contributed by atoms with Crippen molar-refractivity contribution in [1.29, 1.82) is 0 Å². The summed E-state index contributed by atoms with van der Waals surface area (Å²) in [6.07, 6.45) is 0. The van der Waals surface area contributed by atoms with E-state index in [9.17, 15) is 14.0 Å². The van der Waals surface area contributed by atoms with Crippen molar-refractivity contribution in [3.05, 3.63) is 69.0 Å². The molecule has 0 aliphatic carbocycles. The van der Waals surface area contributed by atoms with Crippen LogP contribution in [0.4, 0.5) is 4.39 Å². The first-order valence-corrected chi connectivity index (χ1v) is 8.32. The molecule has 7 nitrogen and oxygen atoms in total. The van der Waals surface area contributed by atoms with Crippen LogP contribution in [0.2, 0.25) is 0 Å². The number of nitrogens with zero attached hydrogens (tertiary/aromatic N) is 3. The van der Waals surface area contributed by atoms with Crippen LogP contribution in [-0.2, 0) is 0 Å². The second-order valence-electron chi connectivity index (χ2n) is 6.38. The number of benzene rings is 2. The zero-order chi connectivity index (χ0) is 19.1. The average Bonchev–Trinajstić information content (AvgIpc) is 3.13. The molecule has 8 heteroatoms. The van der Waals surface area contributed by atoms with Gasteiger partial charge in [0, 0.05) is 17.2 Å². The van der Waals surface area contributed by atoms with Gasteiger partial charge in [-0.1, -0.05) is 5.16 Å². The van der Waals surface area contributed by atoms with Crippen LogP contribution in [0.15, 0.2) is 56.6 Å². The van der Waals surface area contributed by atoms with E-state index in [1.165, 1.54) is 16.7 Å². The summed E-state index contributed by atoms with van der Waals surface area (Å²) < 4.78 is 19.7.